The molecule has 1 aromatic heterocycles. The topological polar surface area (TPSA) is 19.4 Å². The molecule has 0 aromatic carbocycles. The van der Waals surface area contributed by atoms with Crippen LogP contribution in [-0.2, 0) is 0 Å². The summed E-state index contributed by atoms with van der Waals surface area (Å²) in [6.45, 7) is 5.32. The molecule has 0 aliphatic carbocycles. The number of hydrogen-bond donors (Lipinski definition) is 0. The van der Waals surface area contributed by atoms with Crippen LogP contribution in [0, 0.1) is 0 Å². The van der Waals surface area contributed by atoms with Crippen LogP contribution in [0.1, 0.15) is 13.3 Å². The summed E-state index contributed by atoms with van der Waals surface area (Å²) >= 11 is 3.41. The Morgan fingerprint density at radius 1 is 1.19 bits per heavy atom. The van der Waals surface area contributed by atoms with Crippen LogP contribution in [0.15, 0.2) is 22.8 Å². The zero-order chi connectivity index (χ0) is 12.0. The van der Waals surface area contributed by atoms with E-state index in [0.717, 1.165) is 36.5 Å². The highest BCUT2D eigenvalue weighted by Gasteiger charge is 2.07. The van der Waals surface area contributed by atoms with Gasteiger partial charge in [-0.3, -0.25) is 0 Å². The molecule has 0 saturated heterocycles. The maximum Gasteiger partial charge on any atom is 0.129 e. The van der Waals surface area contributed by atoms with E-state index in [0.29, 0.717) is 0 Å². The average molecular weight is 286 g/mol. The van der Waals surface area contributed by atoms with Crippen LogP contribution in [0.5, 0.6) is 0 Å². The fourth-order valence-corrected chi connectivity index (χ4v) is 1.84. The molecule has 4 heteroatoms. The van der Waals surface area contributed by atoms with E-state index < -0.39 is 0 Å². The summed E-state index contributed by atoms with van der Waals surface area (Å²) in [6.07, 6.45) is 1.14. The largest absolute Gasteiger partial charge is 0.355 e. The van der Waals surface area contributed by atoms with E-state index in [1.54, 1.807) is 0 Å². The number of rotatable bonds is 6. The minimum Gasteiger partial charge on any atom is -0.355 e. The van der Waals surface area contributed by atoms with E-state index in [4.69, 9.17) is 0 Å². The van der Waals surface area contributed by atoms with Gasteiger partial charge in [-0.05, 0) is 48.6 Å². The Morgan fingerprint density at radius 2 is 1.94 bits per heavy atom. The van der Waals surface area contributed by atoms with Gasteiger partial charge in [0.05, 0.1) is 0 Å². The molecule has 0 N–H and O–H groups in total. The van der Waals surface area contributed by atoms with E-state index in [2.05, 4.69) is 57.8 Å². The summed E-state index contributed by atoms with van der Waals surface area (Å²) in [4.78, 5) is 9.01. The molecule has 0 spiro atoms. The van der Waals surface area contributed by atoms with Crippen molar-refractivity contribution < 1.29 is 0 Å². The molecule has 0 aliphatic rings. The fraction of sp³-hybridized carbons (Fsp3) is 0.583. The smallest absolute Gasteiger partial charge is 0.129 e. The molecular formula is C12H20BrN3. The van der Waals surface area contributed by atoms with Crippen LogP contribution in [0.2, 0.25) is 0 Å². The quantitative estimate of drug-likeness (QED) is 0.749. The first-order valence-corrected chi connectivity index (χ1v) is 6.45. The second kappa shape index (κ2) is 6.86. The molecular weight excluding hydrogens is 266 g/mol. The van der Waals surface area contributed by atoms with E-state index in [9.17, 15) is 0 Å². The lowest BCUT2D eigenvalue weighted by Gasteiger charge is -2.24. The maximum absolute atomic E-state index is 4.49. The van der Waals surface area contributed by atoms with Crippen LogP contribution < -0.4 is 4.90 Å². The Labute approximate surface area is 107 Å². The van der Waals surface area contributed by atoms with Crippen molar-refractivity contribution in [2.45, 2.75) is 13.3 Å². The van der Waals surface area contributed by atoms with Gasteiger partial charge < -0.3 is 9.80 Å². The summed E-state index contributed by atoms with van der Waals surface area (Å²) in [5.74, 6) is 1.05. The van der Waals surface area contributed by atoms with Crippen molar-refractivity contribution in [3.05, 3.63) is 22.8 Å². The second-order valence-corrected chi connectivity index (χ2v) is 4.92. The maximum atomic E-state index is 4.49. The number of nitrogens with zero attached hydrogens (tertiary/aromatic N) is 3. The SMILES string of the molecule is CCCN(CCN(C)C)c1cccc(Br)n1. The van der Waals surface area contributed by atoms with Gasteiger partial charge in [0, 0.05) is 19.6 Å². The first-order valence-electron chi connectivity index (χ1n) is 5.65. The molecule has 0 fully saturated rings. The van der Waals surface area contributed by atoms with Crippen molar-refractivity contribution in [1.82, 2.24) is 9.88 Å². The van der Waals surface area contributed by atoms with E-state index in [1.807, 2.05) is 12.1 Å². The first kappa shape index (κ1) is 13.5. The Hall–Kier alpha value is -0.610. The molecule has 1 rings (SSSR count). The lowest BCUT2D eigenvalue weighted by Crippen LogP contribution is -2.32. The number of pyridine rings is 1. The van der Waals surface area contributed by atoms with Gasteiger partial charge >= 0.3 is 0 Å². The highest BCUT2D eigenvalue weighted by molar-refractivity contribution is 9.10. The normalized spacial score (nSPS) is 10.8. The summed E-state index contributed by atoms with van der Waals surface area (Å²) in [6, 6.07) is 6.06. The van der Waals surface area contributed by atoms with Crippen LogP contribution >= 0.6 is 15.9 Å². The third-order valence-electron chi connectivity index (χ3n) is 2.34. The van der Waals surface area contributed by atoms with Crippen molar-refractivity contribution in [2.24, 2.45) is 0 Å². The van der Waals surface area contributed by atoms with Crippen LogP contribution in [0.25, 0.3) is 0 Å². The van der Waals surface area contributed by atoms with Gasteiger partial charge in [-0.25, -0.2) is 4.98 Å². The Morgan fingerprint density at radius 3 is 2.50 bits per heavy atom. The van der Waals surface area contributed by atoms with Gasteiger partial charge in [0.1, 0.15) is 10.4 Å². The molecule has 0 aliphatic heterocycles. The third kappa shape index (κ3) is 4.49. The molecule has 0 unspecified atom stereocenters. The van der Waals surface area contributed by atoms with Crippen molar-refractivity contribution >= 4 is 21.7 Å². The molecule has 1 heterocycles. The summed E-state index contributed by atoms with van der Waals surface area (Å²) in [5.41, 5.74) is 0. The summed E-state index contributed by atoms with van der Waals surface area (Å²) in [7, 11) is 4.19. The molecule has 16 heavy (non-hydrogen) atoms. The zero-order valence-corrected chi connectivity index (χ0v) is 11.9. The van der Waals surface area contributed by atoms with Crippen LogP contribution in [0.3, 0.4) is 0 Å². The molecule has 0 amide bonds. The van der Waals surface area contributed by atoms with E-state index >= 15 is 0 Å². The predicted octanol–water partition coefficient (Wildman–Crippen LogP) is 2.62. The molecule has 0 atom stereocenters. The number of aromatic nitrogens is 1. The first-order chi connectivity index (χ1) is 7.63. The van der Waals surface area contributed by atoms with Gasteiger partial charge in [-0.2, -0.15) is 0 Å². The Balaban J connectivity index is 2.68. The summed E-state index contributed by atoms with van der Waals surface area (Å²) < 4.78 is 0.899. The highest BCUT2D eigenvalue weighted by atomic mass is 79.9. The van der Waals surface area contributed by atoms with Crippen LogP contribution in [-0.4, -0.2) is 43.6 Å². The number of likely N-dealkylation sites (N-methyl/N-ethyl adjacent to an activating group) is 1. The molecule has 1 aromatic rings. The lowest BCUT2D eigenvalue weighted by molar-refractivity contribution is 0.412. The standard InChI is InChI=1S/C12H20BrN3/c1-4-8-16(10-9-15(2)3)12-7-5-6-11(13)14-12/h5-7H,4,8-10H2,1-3H3. The van der Waals surface area contributed by atoms with E-state index in [-0.39, 0.29) is 0 Å². The lowest BCUT2D eigenvalue weighted by atomic mass is 10.3. The van der Waals surface area contributed by atoms with Crippen molar-refractivity contribution in [3.63, 3.8) is 0 Å². The molecule has 0 bridgehead atoms. The number of hydrogen-bond acceptors (Lipinski definition) is 3. The number of anilines is 1. The molecule has 0 saturated carbocycles. The number of halogens is 1. The molecule has 3 nitrogen and oxygen atoms in total. The van der Waals surface area contributed by atoms with Gasteiger partial charge in [-0.1, -0.05) is 13.0 Å². The Kier molecular flexibility index (Phi) is 5.77. The third-order valence-corrected chi connectivity index (χ3v) is 2.78. The minimum atomic E-state index is 0.899. The van der Waals surface area contributed by atoms with Crippen molar-refractivity contribution in [2.75, 3.05) is 38.6 Å². The van der Waals surface area contributed by atoms with Crippen molar-refractivity contribution in [3.8, 4) is 0 Å². The van der Waals surface area contributed by atoms with Crippen LogP contribution in [0.4, 0.5) is 5.82 Å². The zero-order valence-electron chi connectivity index (χ0n) is 10.3. The van der Waals surface area contributed by atoms with Gasteiger partial charge in [-0.15, -0.1) is 0 Å². The highest BCUT2D eigenvalue weighted by Crippen LogP contribution is 2.15. The Bertz CT molecular complexity index is 315. The monoisotopic (exact) mass is 285 g/mol. The van der Waals surface area contributed by atoms with Crippen molar-refractivity contribution in [1.29, 1.82) is 0 Å². The minimum absolute atomic E-state index is 0.899. The second-order valence-electron chi connectivity index (χ2n) is 4.11. The average Bonchev–Trinajstić information content (AvgIpc) is 2.24. The van der Waals surface area contributed by atoms with Gasteiger partial charge in [0.2, 0.25) is 0 Å². The fourth-order valence-electron chi connectivity index (χ4n) is 1.51. The molecule has 90 valence electrons. The predicted molar refractivity (Wildman–Crippen MR) is 73.0 cm³/mol. The van der Waals surface area contributed by atoms with E-state index in [1.165, 1.54) is 0 Å². The molecule has 0 radical (unpaired) electrons. The van der Waals surface area contributed by atoms with Gasteiger partial charge in [0.15, 0.2) is 0 Å². The summed E-state index contributed by atoms with van der Waals surface area (Å²) in [5, 5.41) is 0. The van der Waals surface area contributed by atoms with Gasteiger partial charge in [0.25, 0.3) is 0 Å².